The topological polar surface area (TPSA) is 236 Å². The number of H-pyrrole nitrogens is 1. The average molecular weight is 687 g/mol. The number of aryl methyl sites for hydroxylation is 1. The van der Waals surface area contributed by atoms with Gasteiger partial charge in [0.1, 0.15) is 4.90 Å². The molecule has 0 aliphatic rings. The number of carbonyl (C=O) groups excluding carboxylic acids is 1. The first-order chi connectivity index (χ1) is 20.4. The van der Waals surface area contributed by atoms with Crippen LogP contribution in [-0.2, 0) is 35.8 Å². The molecule has 0 spiro atoms. The number of hydrogen-bond donors (Lipinski definition) is 5. The van der Waals surface area contributed by atoms with Crippen molar-refractivity contribution < 1.29 is 39.2 Å². The van der Waals surface area contributed by atoms with Crippen LogP contribution in [0, 0.1) is 6.92 Å². The highest BCUT2D eigenvalue weighted by Crippen LogP contribution is 2.23. The van der Waals surface area contributed by atoms with Gasteiger partial charge in [-0.2, -0.15) is 16.8 Å². The Balaban J connectivity index is 0.000000266. The second-order valence-electron chi connectivity index (χ2n) is 9.24. The Morgan fingerprint density at radius 1 is 0.909 bits per heavy atom. The van der Waals surface area contributed by atoms with Crippen LogP contribution in [0.5, 0.6) is 0 Å². The number of rotatable bonds is 9. The van der Waals surface area contributed by atoms with Crippen molar-refractivity contribution in [3.63, 3.8) is 0 Å². The number of benzene rings is 3. The number of nitrogens with zero attached hydrogens (tertiary/aromatic N) is 1. The number of halogens is 1. The summed E-state index contributed by atoms with van der Waals surface area (Å²) in [7, 11) is -12.0. The molecule has 0 radical (unpaired) electrons. The third-order valence-electron chi connectivity index (χ3n) is 5.78. The summed E-state index contributed by atoms with van der Waals surface area (Å²) < 4.78 is 86.5. The van der Waals surface area contributed by atoms with Crippen LogP contribution in [0.4, 0.5) is 11.4 Å². The second kappa shape index (κ2) is 13.7. The quantitative estimate of drug-likeness (QED) is 0.0974. The number of aromatic nitrogens is 2. The predicted molar refractivity (Wildman–Crippen MR) is 164 cm³/mol. The number of nitrogens with two attached hydrogens (primary N) is 1. The Labute approximate surface area is 257 Å². The fourth-order valence-electron chi connectivity index (χ4n) is 3.73. The van der Waals surface area contributed by atoms with E-state index in [4.69, 9.17) is 26.4 Å². The lowest BCUT2D eigenvalue weighted by Crippen LogP contribution is -2.13. The van der Waals surface area contributed by atoms with Crippen molar-refractivity contribution in [2.45, 2.75) is 22.5 Å². The highest BCUT2D eigenvalue weighted by molar-refractivity contribution is 7.90. The number of sulfone groups is 1. The zero-order valence-corrected chi connectivity index (χ0v) is 26.0. The lowest BCUT2D eigenvalue weighted by atomic mass is 10.1. The molecule has 6 N–H and O–H groups in total. The maximum absolute atomic E-state index is 12.3. The summed E-state index contributed by atoms with van der Waals surface area (Å²) in [5.74, 6) is -0.779. The monoisotopic (exact) mass is 686 g/mol. The minimum Gasteiger partial charge on any atom is -0.398 e. The molecule has 0 unspecified atom stereocenters. The van der Waals surface area contributed by atoms with E-state index in [1.807, 2.05) is 0 Å². The Kier molecular flexibility index (Phi) is 10.8. The van der Waals surface area contributed by atoms with E-state index in [9.17, 15) is 34.8 Å². The van der Waals surface area contributed by atoms with Gasteiger partial charge in [-0.25, -0.2) is 13.1 Å². The molecular formula is C26H27ClN4O10S3. The summed E-state index contributed by atoms with van der Waals surface area (Å²) in [6.45, 7) is 1.74. The van der Waals surface area contributed by atoms with Gasteiger partial charge >= 0.3 is 0 Å². The lowest BCUT2D eigenvalue weighted by molar-refractivity contribution is 0.102. The molecule has 0 aliphatic carbocycles. The molecule has 44 heavy (non-hydrogen) atoms. The molecule has 0 saturated carbocycles. The van der Waals surface area contributed by atoms with Crippen LogP contribution in [0.15, 0.2) is 87.4 Å². The van der Waals surface area contributed by atoms with Crippen molar-refractivity contribution in [1.29, 1.82) is 0 Å². The molecule has 1 aromatic heterocycles. The second-order valence-corrected chi connectivity index (χ2v) is 14.6. The standard InChI is InChI=1S/C16H17ClN2O6S2.C10H10N2O4S/c17-7-8-26(21,22)10-11-1-3-12(4-2-11)16(20)19-13-5-6-15(14(18)9-13)27(23,24)25;1-7-6-10(13)12(11-7)8-2-4-9(5-3-8)17(14,15)16/h1-6,9H,7-8,10,18H2,(H,19,20)(H,23,24,25);2-6,11H,1H3,(H,14,15,16). The van der Waals surface area contributed by atoms with E-state index in [2.05, 4.69) is 10.4 Å². The molecule has 0 fully saturated rings. The van der Waals surface area contributed by atoms with E-state index in [0.717, 1.165) is 6.07 Å². The third kappa shape index (κ3) is 9.50. The fraction of sp³-hybridized carbons (Fsp3) is 0.154. The number of nitrogen functional groups attached to an aromatic ring is 1. The van der Waals surface area contributed by atoms with Gasteiger partial charge in [-0.15, -0.1) is 11.6 Å². The van der Waals surface area contributed by atoms with Crippen LogP contribution in [0.2, 0.25) is 0 Å². The SMILES string of the molecule is Cc1cc(=O)n(-c2ccc(S(=O)(=O)O)cc2)[nH]1.Nc1cc(NC(=O)c2ccc(CS(=O)(=O)CCCl)cc2)ccc1S(=O)(=O)O. The first-order valence-corrected chi connectivity index (χ1v) is 17.5. The number of alkyl halides is 1. The fourth-order valence-corrected chi connectivity index (χ4v) is 6.59. The van der Waals surface area contributed by atoms with Crippen molar-refractivity contribution in [3.05, 3.63) is 100.0 Å². The van der Waals surface area contributed by atoms with E-state index in [-0.39, 0.29) is 44.8 Å². The van der Waals surface area contributed by atoms with Crippen molar-refractivity contribution in [1.82, 2.24) is 9.78 Å². The van der Waals surface area contributed by atoms with Crippen molar-refractivity contribution >= 4 is 59.0 Å². The summed E-state index contributed by atoms with van der Waals surface area (Å²) in [5, 5.41) is 5.35. The van der Waals surface area contributed by atoms with Gasteiger partial charge in [0.15, 0.2) is 9.84 Å². The number of nitrogens with one attached hydrogen (secondary N) is 2. The summed E-state index contributed by atoms with van der Waals surface area (Å²) in [4.78, 5) is 23.1. The van der Waals surface area contributed by atoms with Gasteiger partial charge in [-0.3, -0.25) is 23.8 Å². The molecule has 1 heterocycles. The van der Waals surface area contributed by atoms with Gasteiger partial charge in [0.25, 0.3) is 31.7 Å². The van der Waals surface area contributed by atoms with Crippen LogP contribution >= 0.6 is 11.6 Å². The zero-order chi connectivity index (χ0) is 32.9. The molecule has 3 aromatic carbocycles. The molecule has 4 rings (SSSR count). The molecule has 14 nitrogen and oxygen atoms in total. The van der Waals surface area contributed by atoms with Gasteiger partial charge in [0.2, 0.25) is 0 Å². The Hall–Kier alpha value is -4.00. The number of aromatic amines is 1. The molecule has 0 bridgehead atoms. The largest absolute Gasteiger partial charge is 0.398 e. The molecule has 18 heteroatoms. The molecule has 0 saturated heterocycles. The smallest absolute Gasteiger partial charge is 0.296 e. The van der Waals surface area contributed by atoms with Gasteiger partial charge in [-0.05, 0) is 67.1 Å². The highest BCUT2D eigenvalue weighted by atomic mass is 35.5. The molecule has 0 atom stereocenters. The van der Waals surface area contributed by atoms with Crippen molar-refractivity contribution in [3.8, 4) is 5.69 Å². The molecular weight excluding hydrogens is 660 g/mol. The predicted octanol–water partition coefficient (Wildman–Crippen LogP) is 2.64. The first kappa shape index (κ1) is 34.5. The normalized spacial score (nSPS) is 11.8. The maximum Gasteiger partial charge on any atom is 0.296 e. The number of carbonyl (C=O) groups is 1. The maximum atomic E-state index is 12.3. The summed E-state index contributed by atoms with van der Waals surface area (Å²) >= 11 is 5.45. The minimum atomic E-state index is -4.45. The molecule has 1 amide bonds. The van der Waals surface area contributed by atoms with E-state index >= 15 is 0 Å². The Morgan fingerprint density at radius 3 is 2.00 bits per heavy atom. The van der Waals surface area contributed by atoms with Crippen molar-refractivity contribution in [2.24, 2.45) is 0 Å². The molecule has 4 aromatic rings. The van der Waals surface area contributed by atoms with Gasteiger partial charge in [-0.1, -0.05) is 12.1 Å². The molecule has 236 valence electrons. The first-order valence-electron chi connectivity index (χ1n) is 12.3. The van der Waals surface area contributed by atoms with Gasteiger partial charge < -0.3 is 11.1 Å². The van der Waals surface area contributed by atoms with Crippen LogP contribution in [0.3, 0.4) is 0 Å². The van der Waals surface area contributed by atoms with Crippen LogP contribution in [-0.4, -0.2) is 61.7 Å². The van der Waals surface area contributed by atoms with Crippen molar-refractivity contribution in [2.75, 3.05) is 22.7 Å². The van der Waals surface area contributed by atoms with Gasteiger partial charge in [0, 0.05) is 28.9 Å². The van der Waals surface area contributed by atoms with Crippen LogP contribution in [0.1, 0.15) is 21.6 Å². The van der Waals surface area contributed by atoms with Gasteiger partial charge in [0.05, 0.1) is 27.8 Å². The Morgan fingerprint density at radius 2 is 1.52 bits per heavy atom. The summed E-state index contributed by atoms with van der Waals surface area (Å²) in [6.07, 6.45) is 0. The van der Waals surface area contributed by atoms with E-state index in [0.29, 0.717) is 16.9 Å². The van der Waals surface area contributed by atoms with Crippen LogP contribution in [0.25, 0.3) is 5.69 Å². The Bertz CT molecular complexity index is 2040. The average Bonchev–Trinajstić information content (AvgIpc) is 3.25. The zero-order valence-electron chi connectivity index (χ0n) is 22.8. The van der Waals surface area contributed by atoms with E-state index in [1.54, 1.807) is 6.92 Å². The summed E-state index contributed by atoms with van der Waals surface area (Å²) in [6, 6.07) is 16.3. The third-order valence-corrected chi connectivity index (χ3v) is 9.59. The number of hydrogen-bond acceptors (Lipinski definition) is 9. The van der Waals surface area contributed by atoms with Crippen LogP contribution < -0.4 is 16.6 Å². The highest BCUT2D eigenvalue weighted by Gasteiger charge is 2.16. The molecule has 0 aliphatic heterocycles. The lowest BCUT2D eigenvalue weighted by Gasteiger charge is -2.09. The summed E-state index contributed by atoms with van der Waals surface area (Å²) in [5.41, 5.74) is 7.35. The van der Waals surface area contributed by atoms with E-state index in [1.165, 1.54) is 71.4 Å². The number of amides is 1. The number of anilines is 2. The van der Waals surface area contributed by atoms with E-state index < -0.39 is 40.9 Å². The minimum absolute atomic E-state index is 0.0162.